The van der Waals surface area contributed by atoms with E-state index in [2.05, 4.69) is 15.6 Å². The van der Waals surface area contributed by atoms with Gasteiger partial charge in [-0.1, -0.05) is 47.6 Å². The second kappa shape index (κ2) is 12.5. The lowest BCUT2D eigenvalue weighted by molar-refractivity contribution is -0.122. The van der Waals surface area contributed by atoms with Crippen LogP contribution in [0, 0.1) is 5.82 Å². The van der Waals surface area contributed by atoms with Crippen LogP contribution in [-0.4, -0.2) is 52.5 Å². The SMILES string of the molecule is COc1ccc(Cl)cc1NC(=O)CSC1=Nc2ccccc2C2=NC(=O)C(CCC(=O)NCc3ccc(F)cc3)N12. The fraction of sp³-hybridized carbons (Fsp3) is 0.207. The number of para-hydroxylation sites is 1. The molecule has 9 nitrogen and oxygen atoms in total. The average Bonchev–Trinajstić information content (AvgIpc) is 3.30. The normalized spacial score (nSPS) is 15.4. The third-order valence-electron chi connectivity index (χ3n) is 6.42. The van der Waals surface area contributed by atoms with E-state index < -0.39 is 6.04 Å². The summed E-state index contributed by atoms with van der Waals surface area (Å²) < 4.78 is 18.4. The number of halogens is 2. The number of nitrogens with one attached hydrogen (secondary N) is 2. The van der Waals surface area contributed by atoms with Gasteiger partial charge in [-0.3, -0.25) is 19.3 Å². The van der Waals surface area contributed by atoms with E-state index in [9.17, 15) is 18.8 Å². The third kappa shape index (κ3) is 6.58. The number of hydrogen-bond acceptors (Lipinski definition) is 7. The van der Waals surface area contributed by atoms with Crippen LogP contribution in [0.4, 0.5) is 15.8 Å². The minimum absolute atomic E-state index is 0.0144. The highest BCUT2D eigenvalue weighted by Crippen LogP contribution is 2.35. The van der Waals surface area contributed by atoms with E-state index in [0.717, 1.165) is 17.3 Å². The Morgan fingerprint density at radius 3 is 2.63 bits per heavy atom. The quantitative estimate of drug-likeness (QED) is 0.364. The topological polar surface area (TPSA) is 112 Å². The number of nitrogens with zero attached hydrogens (tertiary/aromatic N) is 3. The van der Waals surface area contributed by atoms with Crippen molar-refractivity contribution in [3.8, 4) is 5.75 Å². The molecule has 0 radical (unpaired) electrons. The zero-order valence-electron chi connectivity index (χ0n) is 21.9. The van der Waals surface area contributed by atoms with Crippen molar-refractivity contribution in [3.63, 3.8) is 0 Å². The van der Waals surface area contributed by atoms with Crippen LogP contribution >= 0.6 is 23.4 Å². The van der Waals surface area contributed by atoms with E-state index in [1.165, 1.54) is 19.2 Å². The molecule has 0 aliphatic carbocycles. The number of carbonyl (C=O) groups is 3. The number of carbonyl (C=O) groups excluding carboxylic acids is 3. The van der Waals surface area contributed by atoms with Crippen LogP contribution in [0.5, 0.6) is 5.75 Å². The van der Waals surface area contributed by atoms with E-state index >= 15 is 0 Å². The number of methoxy groups -OCH3 is 1. The van der Waals surface area contributed by atoms with Gasteiger partial charge in [0.15, 0.2) is 5.17 Å². The monoisotopic (exact) mass is 593 g/mol. The second-order valence-electron chi connectivity index (χ2n) is 9.19. The predicted molar refractivity (Wildman–Crippen MR) is 157 cm³/mol. The lowest BCUT2D eigenvalue weighted by Gasteiger charge is -2.31. The molecule has 5 rings (SSSR count). The maximum absolute atomic E-state index is 13.1. The molecule has 210 valence electrons. The Hall–Kier alpha value is -4.22. The summed E-state index contributed by atoms with van der Waals surface area (Å²) in [5.41, 5.74) is 2.52. The summed E-state index contributed by atoms with van der Waals surface area (Å²) in [6.45, 7) is 0.242. The van der Waals surface area contributed by atoms with Crippen molar-refractivity contribution < 1.29 is 23.5 Å². The number of amidine groups is 2. The summed E-state index contributed by atoms with van der Waals surface area (Å²) in [4.78, 5) is 49.2. The zero-order valence-corrected chi connectivity index (χ0v) is 23.5. The molecule has 2 heterocycles. The summed E-state index contributed by atoms with van der Waals surface area (Å²) in [5, 5.41) is 6.47. The van der Waals surface area contributed by atoms with Gasteiger partial charge in [0, 0.05) is 23.6 Å². The molecule has 12 heteroatoms. The zero-order chi connectivity index (χ0) is 28.9. The van der Waals surface area contributed by atoms with Gasteiger partial charge in [0.2, 0.25) is 11.8 Å². The fourth-order valence-electron chi connectivity index (χ4n) is 4.43. The highest BCUT2D eigenvalue weighted by molar-refractivity contribution is 8.14. The number of ether oxygens (including phenoxy) is 1. The van der Waals surface area contributed by atoms with Crippen LogP contribution < -0.4 is 15.4 Å². The Kier molecular flexibility index (Phi) is 8.65. The predicted octanol–water partition coefficient (Wildman–Crippen LogP) is 4.91. The number of benzene rings is 3. The van der Waals surface area contributed by atoms with Gasteiger partial charge in [-0.25, -0.2) is 9.38 Å². The summed E-state index contributed by atoms with van der Waals surface area (Å²) >= 11 is 7.23. The van der Waals surface area contributed by atoms with Crippen LogP contribution in [0.1, 0.15) is 24.0 Å². The molecule has 0 fully saturated rings. The van der Waals surface area contributed by atoms with Crippen molar-refractivity contribution >= 4 is 63.5 Å². The van der Waals surface area contributed by atoms with Crippen LogP contribution in [0.3, 0.4) is 0 Å². The van der Waals surface area contributed by atoms with Crippen molar-refractivity contribution in [1.82, 2.24) is 10.2 Å². The number of anilines is 1. The molecule has 3 amide bonds. The molecule has 3 aromatic carbocycles. The summed E-state index contributed by atoms with van der Waals surface area (Å²) in [5.74, 6) is -0.419. The first-order chi connectivity index (χ1) is 19.8. The van der Waals surface area contributed by atoms with Gasteiger partial charge >= 0.3 is 0 Å². The van der Waals surface area contributed by atoms with Crippen molar-refractivity contribution in [1.29, 1.82) is 0 Å². The molecule has 1 atom stereocenters. The molecule has 0 spiro atoms. The summed E-state index contributed by atoms with van der Waals surface area (Å²) in [7, 11) is 1.50. The molecule has 0 bridgehead atoms. The number of fused-ring (bicyclic) bond motifs is 3. The Morgan fingerprint density at radius 2 is 1.85 bits per heavy atom. The first-order valence-electron chi connectivity index (χ1n) is 12.7. The minimum Gasteiger partial charge on any atom is -0.495 e. The van der Waals surface area contributed by atoms with E-state index in [1.54, 1.807) is 35.2 Å². The standard InChI is InChI=1S/C29H25ClFN5O4S/c1-40-24-12-8-18(30)14-22(24)33-26(38)16-41-29-34-21-5-3-2-4-20(21)27-35-28(39)23(36(27)29)11-13-25(37)32-15-17-6-9-19(31)10-7-17/h2-10,12,14,23H,11,13,15-16H2,1H3,(H,32,37)(H,33,38). The number of aliphatic imine (C=N–C) groups is 2. The average molecular weight is 594 g/mol. The molecule has 3 aromatic rings. The number of rotatable bonds is 9. The van der Waals surface area contributed by atoms with Crippen molar-refractivity contribution in [2.24, 2.45) is 9.98 Å². The largest absolute Gasteiger partial charge is 0.495 e. The number of thioether (sulfide) groups is 1. The van der Waals surface area contributed by atoms with Crippen molar-refractivity contribution in [2.75, 3.05) is 18.2 Å². The van der Waals surface area contributed by atoms with Crippen LogP contribution in [0.15, 0.2) is 76.7 Å². The van der Waals surface area contributed by atoms with Crippen LogP contribution in [0.2, 0.25) is 5.02 Å². The molecule has 2 N–H and O–H groups in total. The maximum Gasteiger partial charge on any atom is 0.270 e. The van der Waals surface area contributed by atoms with Crippen LogP contribution in [-0.2, 0) is 20.9 Å². The second-order valence-corrected chi connectivity index (χ2v) is 10.6. The van der Waals surface area contributed by atoms with E-state index in [-0.39, 0.29) is 48.7 Å². The number of hydrogen-bond donors (Lipinski definition) is 2. The Labute approximate surface area is 244 Å². The van der Waals surface area contributed by atoms with E-state index in [4.69, 9.17) is 21.3 Å². The van der Waals surface area contributed by atoms with Crippen molar-refractivity contribution in [3.05, 3.63) is 88.7 Å². The minimum atomic E-state index is -0.753. The first-order valence-corrected chi connectivity index (χ1v) is 14.1. The number of amides is 3. The maximum atomic E-state index is 13.1. The summed E-state index contributed by atoms with van der Waals surface area (Å²) in [6, 6.07) is 17.3. The highest BCUT2D eigenvalue weighted by atomic mass is 35.5. The molecule has 0 saturated heterocycles. The Balaban J connectivity index is 1.27. The van der Waals surface area contributed by atoms with Gasteiger partial charge in [0.25, 0.3) is 5.91 Å². The van der Waals surface area contributed by atoms with Crippen LogP contribution in [0.25, 0.3) is 0 Å². The molecule has 2 aliphatic rings. The van der Waals surface area contributed by atoms with E-state index in [0.29, 0.717) is 38.7 Å². The summed E-state index contributed by atoms with van der Waals surface area (Å²) in [6.07, 6.45) is 0.250. The van der Waals surface area contributed by atoms with Gasteiger partial charge in [0.1, 0.15) is 23.4 Å². The molecular weight excluding hydrogens is 569 g/mol. The Bertz CT molecular complexity index is 1560. The van der Waals surface area contributed by atoms with Crippen molar-refractivity contribution in [2.45, 2.75) is 25.4 Å². The van der Waals surface area contributed by atoms with Gasteiger partial charge in [-0.05, 0) is 54.4 Å². The Morgan fingerprint density at radius 1 is 1.07 bits per heavy atom. The van der Waals surface area contributed by atoms with E-state index in [1.807, 2.05) is 24.3 Å². The smallest absolute Gasteiger partial charge is 0.270 e. The molecule has 2 aliphatic heterocycles. The van der Waals surface area contributed by atoms with Gasteiger partial charge in [-0.2, -0.15) is 4.99 Å². The highest BCUT2D eigenvalue weighted by Gasteiger charge is 2.41. The molecule has 0 saturated carbocycles. The first kappa shape index (κ1) is 28.3. The lowest BCUT2D eigenvalue weighted by Crippen LogP contribution is -2.44. The van der Waals surface area contributed by atoms with Gasteiger partial charge < -0.3 is 15.4 Å². The molecule has 41 heavy (non-hydrogen) atoms. The van der Waals surface area contributed by atoms with Gasteiger partial charge in [0.05, 0.1) is 24.2 Å². The molecule has 1 unspecified atom stereocenters. The molecule has 0 aromatic heterocycles. The van der Waals surface area contributed by atoms with Gasteiger partial charge in [-0.15, -0.1) is 0 Å². The molecular formula is C29H25ClFN5O4S. The fourth-order valence-corrected chi connectivity index (χ4v) is 5.45. The third-order valence-corrected chi connectivity index (χ3v) is 7.61. The lowest BCUT2D eigenvalue weighted by atomic mass is 10.1.